The van der Waals surface area contributed by atoms with E-state index >= 15 is 0 Å². The largest absolute Gasteiger partial charge is 0.497 e. The molecule has 130 valence electrons. The van der Waals surface area contributed by atoms with Crippen LogP contribution in [0, 0.1) is 5.92 Å². The average Bonchev–Trinajstić information content (AvgIpc) is 2.86. The predicted molar refractivity (Wildman–Crippen MR) is 90.1 cm³/mol. The lowest BCUT2D eigenvalue weighted by Gasteiger charge is -2.38. The number of rotatable bonds is 3. The number of nitrogens with zero attached hydrogens (tertiary/aromatic N) is 2. The highest BCUT2D eigenvalue weighted by atomic mass is 16.6. The van der Waals surface area contributed by atoms with Gasteiger partial charge in [0.15, 0.2) is 0 Å². The lowest BCUT2D eigenvalue weighted by molar-refractivity contribution is -0.148. The van der Waals surface area contributed by atoms with Crippen molar-refractivity contribution in [2.75, 3.05) is 38.2 Å². The molecule has 0 aliphatic carbocycles. The Labute approximate surface area is 142 Å². The minimum Gasteiger partial charge on any atom is -0.497 e. The molecule has 3 rings (SSSR count). The Bertz CT molecular complexity index is 636. The fraction of sp³-hybridized carbons (Fsp3) is 0.556. The Morgan fingerprint density at radius 1 is 1.25 bits per heavy atom. The number of amides is 1. The van der Waals surface area contributed by atoms with Crippen molar-refractivity contribution in [1.82, 2.24) is 4.90 Å². The quantitative estimate of drug-likeness (QED) is 0.788. The number of anilines is 1. The second-order valence-electron chi connectivity index (χ2n) is 6.85. The molecule has 24 heavy (non-hydrogen) atoms. The van der Waals surface area contributed by atoms with Crippen LogP contribution in [0.25, 0.3) is 0 Å². The number of cyclic esters (lactones) is 1. The number of benzene rings is 1. The van der Waals surface area contributed by atoms with Gasteiger partial charge in [-0.1, -0.05) is 6.07 Å². The Hall–Kier alpha value is -2.24. The van der Waals surface area contributed by atoms with Crippen LogP contribution >= 0.6 is 0 Å². The van der Waals surface area contributed by atoms with E-state index in [1.54, 1.807) is 7.11 Å². The van der Waals surface area contributed by atoms with E-state index < -0.39 is 5.60 Å². The molecule has 0 unspecified atom stereocenters. The average molecular weight is 332 g/mol. The van der Waals surface area contributed by atoms with Crippen LogP contribution in [0.15, 0.2) is 24.3 Å². The van der Waals surface area contributed by atoms with Gasteiger partial charge in [0.05, 0.1) is 19.4 Å². The lowest BCUT2D eigenvalue weighted by Crippen LogP contribution is -2.52. The van der Waals surface area contributed by atoms with Crippen LogP contribution in [-0.2, 0) is 14.3 Å². The van der Waals surface area contributed by atoms with Crippen LogP contribution in [0.5, 0.6) is 5.75 Å². The molecule has 0 bridgehead atoms. The highest BCUT2D eigenvalue weighted by Gasteiger charge is 2.47. The molecule has 6 nitrogen and oxygen atoms in total. The second kappa shape index (κ2) is 6.34. The van der Waals surface area contributed by atoms with Crippen molar-refractivity contribution in [2.45, 2.75) is 25.9 Å². The zero-order valence-electron chi connectivity index (χ0n) is 14.4. The minimum absolute atomic E-state index is 0.0242. The van der Waals surface area contributed by atoms with Crippen molar-refractivity contribution >= 4 is 17.6 Å². The smallest absolute Gasteiger partial charge is 0.307 e. The predicted octanol–water partition coefficient (Wildman–Crippen LogP) is 1.69. The Kier molecular flexibility index (Phi) is 4.39. The Balaban J connectivity index is 1.62. The summed E-state index contributed by atoms with van der Waals surface area (Å²) in [6, 6.07) is 7.94. The van der Waals surface area contributed by atoms with Crippen molar-refractivity contribution in [3.05, 3.63) is 24.3 Å². The molecule has 2 aliphatic rings. The van der Waals surface area contributed by atoms with E-state index in [0.29, 0.717) is 13.1 Å². The van der Waals surface area contributed by atoms with Gasteiger partial charge in [-0.2, -0.15) is 0 Å². The lowest BCUT2D eigenvalue weighted by atomic mass is 9.89. The molecule has 0 spiro atoms. The van der Waals surface area contributed by atoms with E-state index in [4.69, 9.17) is 9.47 Å². The summed E-state index contributed by atoms with van der Waals surface area (Å²) in [5.41, 5.74) is 0.388. The molecule has 2 aliphatic heterocycles. The molecule has 6 heteroatoms. The van der Waals surface area contributed by atoms with Gasteiger partial charge in [0.25, 0.3) is 0 Å². The maximum atomic E-state index is 12.8. The third-order valence-corrected chi connectivity index (χ3v) is 4.89. The maximum Gasteiger partial charge on any atom is 0.307 e. The van der Waals surface area contributed by atoms with E-state index in [1.165, 1.54) is 0 Å². The number of piperazine rings is 1. The molecule has 2 heterocycles. The van der Waals surface area contributed by atoms with Gasteiger partial charge < -0.3 is 19.3 Å². The third kappa shape index (κ3) is 3.18. The van der Waals surface area contributed by atoms with Crippen molar-refractivity contribution < 1.29 is 19.1 Å². The van der Waals surface area contributed by atoms with Crippen molar-refractivity contribution in [2.24, 2.45) is 5.92 Å². The van der Waals surface area contributed by atoms with Crippen LogP contribution in [-0.4, -0.2) is 55.7 Å². The standard InChI is InChI=1S/C18H24N2O4/c1-18(2)15(12-16(21)24-18)17(22)20-9-7-19(8-10-20)13-5-4-6-14(11-13)23-3/h4-6,11,15H,7-10,12H2,1-3H3/t15-/m0/s1. The van der Waals surface area contributed by atoms with Crippen LogP contribution in [0.4, 0.5) is 5.69 Å². The molecule has 2 fully saturated rings. The van der Waals surface area contributed by atoms with Gasteiger partial charge in [0.2, 0.25) is 5.91 Å². The zero-order chi connectivity index (χ0) is 17.3. The SMILES string of the molecule is COc1cccc(N2CCN(C(=O)[C@@H]3CC(=O)OC3(C)C)CC2)c1. The van der Waals surface area contributed by atoms with Crippen LogP contribution in [0.2, 0.25) is 0 Å². The van der Waals surface area contributed by atoms with Gasteiger partial charge in [-0.15, -0.1) is 0 Å². The van der Waals surface area contributed by atoms with E-state index in [0.717, 1.165) is 24.5 Å². The Morgan fingerprint density at radius 3 is 2.54 bits per heavy atom. The summed E-state index contributed by atoms with van der Waals surface area (Å²) in [4.78, 5) is 28.4. The number of hydrogen-bond donors (Lipinski definition) is 0. The number of esters is 1. The molecule has 0 N–H and O–H groups in total. The first-order valence-electron chi connectivity index (χ1n) is 8.30. The molecule has 2 saturated heterocycles. The summed E-state index contributed by atoms with van der Waals surface area (Å²) < 4.78 is 10.5. The first-order chi connectivity index (χ1) is 11.4. The molecule has 0 saturated carbocycles. The second-order valence-corrected chi connectivity index (χ2v) is 6.85. The molecular formula is C18H24N2O4. The summed E-state index contributed by atoms with van der Waals surface area (Å²) in [6.07, 6.45) is 0.182. The summed E-state index contributed by atoms with van der Waals surface area (Å²) in [7, 11) is 1.66. The summed E-state index contributed by atoms with van der Waals surface area (Å²) in [5.74, 6) is 0.187. The molecule has 0 aromatic heterocycles. The summed E-state index contributed by atoms with van der Waals surface area (Å²) >= 11 is 0. The fourth-order valence-electron chi connectivity index (χ4n) is 3.42. The van der Waals surface area contributed by atoms with Crippen molar-refractivity contribution in [3.8, 4) is 5.75 Å². The summed E-state index contributed by atoms with van der Waals surface area (Å²) in [5, 5.41) is 0. The minimum atomic E-state index is -0.710. The van der Waals surface area contributed by atoms with Crippen LogP contribution in [0.3, 0.4) is 0 Å². The van der Waals surface area contributed by atoms with Gasteiger partial charge in [-0.25, -0.2) is 0 Å². The number of methoxy groups -OCH3 is 1. The molecule has 1 aromatic rings. The van der Waals surface area contributed by atoms with E-state index in [1.807, 2.05) is 43.0 Å². The van der Waals surface area contributed by atoms with Crippen LogP contribution < -0.4 is 9.64 Å². The zero-order valence-corrected chi connectivity index (χ0v) is 14.4. The fourth-order valence-corrected chi connectivity index (χ4v) is 3.42. The normalized spacial score (nSPS) is 23.1. The number of hydrogen-bond acceptors (Lipinski definition) is 5. The maximum absolute atomic E-state index is 12.8. The van der Waals surface area contributed by atoms with Gasteiger partial charge >= 0.3 is 5.97 Å². The molecule has 1 aromatic carbocycles. The van der Waals surface area contributed by atoms with Gasteiger partial charge in [0.1, 0.15) is 11.4 Å². The molecular weight excluding hydrogens is 308 g/mol. The van der Waals surface area contributed by atoms with Gasteiger partial charge in [0, 0.05) is 37.9 Å². The molecule has 1 atom stereocenters. The number of carbonyl (C=O) groups is 2. The Morgan fingerprint density at radius 2 is 1.96 bits per heavy atom. The van der Waals surface area contributed by atoms with Crippen molar-refractivity contribution in [3.63, 3.8) is 0 Å². The van der Waals surface area contributed by atoms with Gasteiger partial charge in [-0.05, 0) is 26.0 Å². The third-order valence-electron chi connectivity index (χ3n) is 4.89. The van der Waals surface area contributed by atoms with E-state index in [9.17, 15) is 9.59 Å². The summed E-state index contributed by atoms with van der Waals surface area (Å²) in [6.45, 7) is 6.45. The topological polar surface area (TPSA) is 59.1 Å². The van der Waals surface area contributed by atoms with E-state index in [2.05, 4.69) is 4.90 Å². The number of carbonyl (C=O) groups excluding carboxylic acids is 2. The highest BCUT2D eigenvalue weighted by molar-refractivity contribution is 5.87. The van der Waals surface area contributed by atoms with Crippen LogP contribution in [0.1, 0.15) is 20.3 Å². The highest BCUT2D eigenvalue weighted by Crippen LogP contribution is 2.34. The van der Waals surface area contributed by atoms with Crippen molar-refractivity contribution in [1.29, 1.82) is 0 Å². The first-order valence-corrected chi connectivity index (χ1v) is 8.30. The molecule has 1 amide bonds. The molecule has 0 radical (unpaired) electrons. The first kappa shape index (κ1) is 16.6. The number of ether oxygens (including phenoxy) is 2. The van der Waals surface area contributed by atoms with Gasteiger partial charge in [-0.3, -0.25) is 9.59 Å². The monoisotopic (exact) mass is 332 g/mol. The van der Waals surface area contributed by atoms with E-state index in [-0.39, 0.29) is 24.2 Å².